The van der Waals surface area contributed by atoms with E-state index in [2.05, 4.69) is 17.1 Å². The summed E-state index contributed by atoms with van der Waals surface area (Å²) in [4.78, 5) is 14.9. The molecule has 0 bridgehead atoms. The van der Waals surface area contributed by atoms with E-state index < -0.39 is 0 Å². The maximum absolute atomic E-state index is 12.9. The first-order valence-electron chi connectivity index (χ1n) is 9.99. The topological polar surface area (TPSA) is 55.3 Å². The van der Waals surface area contributed by atoms with Gasteiger partial charge in [-0.05, 0) is 50.5 Å². The van der Waals surface area contributed by atoms with Gasteiger partial charge in [0.2, 0.25) is 11.8 Å². The molecule has 5 heteroatoms. The van der Waals surface area contributed by atoms with E-state index in [9.17, 15) is 4.79 Å². The Labute approximate surface area is 151 Å². The number of carbonyl (C=O) groups excluding carboxylic acids is 1. The second-order valence-corrected chi connectivity index (χ2v) is 7.59. The Balaban J connectivity index is 1.47. The first kappa shape index (κ1) is 18.2. The Morgan fingerprint density at radius 3 is 2.84 bits per heavy atom. The molecule has 0 spiro atoms. The van der Waals surface area contributed by atoms with Crippen LogP contribution in [0.2, 0.25) is 0 Å². The van der Waals surface area contributed by atoms with Gasteiger partial charge in [-0.25, -0.2) is 0 Å². The van der Waals surface area contributed by atoms with Crippen molar-refractivity contribution in [2.24, 2.45) is 11.8 Å². The average Bonchev–Trinajstić information content (AvgIpc) is 2.67. The molecule has 5 nitrogen and oxygen atoms in total. The third kappa shape index (κ3) is 5.16. The van der Waals surface area contributed by atoms with Crippen LogP contribution in [0.15, 0.2) is 18.3 Å². The number of nitrogens with zero attached hydrogens (tertiary/aromatic N) is 3. The minimum absolute atomic E-state index is 0.0373. The van der Waals surface area contributed by atoms with Gasteiger partial charge in [0.15, 0.2) is 0 Å². The number of aromatic nitrogens is 2. The molecule has 3 rings (SSSR count). The molecule has 1 unspecified atom stereocenters. The third-order valence-corrected chi connectivity index (χ3v) is 5.69. The summed E-state index contributed by atoms with van der Waals surface area (Å²) < 4.78 is 5.92. The van der Waals surface area contributed by atoms with Crippen molar-refractivity contribution in [2.45, 2.75) is 70.8 Å². The van der Waals surface area contributed by atoms with Crippen molar-refractivity contribution in [3.8, 4) is 5.88 Å². The first-order chi connectivity index (χ1) is 12.3. The van der Waals surface area contributed by atoms with Crippen molar-refractivity contribution in [2.75, 3.05) is 13.1 Å². The number of hydrogen-bond acceptors (Lipinski definition) is 4. The summed E-state index contributed by atoms with van der Waals surface area (Å²) in [5.74, 6) is 1.98. The normalized spacial score (nSPS) is 27.1. The van der Waals surface area contributed by atoms with Crippen LogP contribution in [0, 0.1) is 11.8 Å². The molecule has 2 heterocycles. The Morgan fingerprint density at radius 1 is 1.28 bits per heavy atom. The number of ether oxygens (including phenoxy) is 1. The quantitative estimate of drug-likeness (QED) is 0.786. The number of rotatable bonds is 6. The van der Waals surface area contributed by atoms with Crippen molar-refractivity contribution >= 4 is 5.91 Å². The molecular formula is C20H31N3O2. The molecule has 0 radical (unpaired) electrons. The van der Waals surface area contributed by atoms with Crippen LogP contribution in [0.3, 0.4) is 0 Å². The van der Waals surface area contributed by atoms with Gasteiger partial charge in [-0.1, -0.05) is 26.2 Å². The van der Waals surface area contributed by atoms with E-state index in [0.29, 0.717) is 18.3 Å². The fraction of sp³-hybridized carbons (Fsp3) is 0.750. The zero-order valence-corrected chi connectivity index (χ0v) is 15.4. The van der Waals surface area contributed by atoms with Crippen LogP contribution in [0.5, 0.6) is 5.88 Å². The molecule has 1 saturated carbocycles. The van der Waals surface area contributed by atoms with Crippen molar-refractivity contribution < 1.29 is 9.53 Å². The van der Waals surface area contributed by atoms with Gasteiger partial charge in [-0.15, -0.1) is 5.10 Å². The summed E-state index contributed by atoms with van der Waals surface area (Å²) >= 11 is 0. The second-order valence-electron chi connectivity index (χ2n) is 7.59. The zero-order valence-electron chi connectivity index (χ0n) is 15.4. The lowest BCUT2D eigenvalue weighted by Crippen LogP contribution is -2.47. The van der Waals surface area contributed by atoms with Crippen molar-refractivity contribution in [1.82, 2.24) is 15.1 Å². The van der Waals surface area contributed by atoms with Crippen LogP contribution in [0.1, 0.15) is 64.7 Å². The predicted molar refractivity (Wildman–Crippen MR) is 97.2 cm³/mol. The van der Waals surface area contributed by atoms with Crippen LogP contribution in [-0.4, -0.2) is 40.2 Å². The summed E-state index contributed by atoms with van der Waals surface area (Å²) in [6, 6.07) is 3.65. The number of likely N-dealkylation sites (tertiary alicyclic amines) is 1. The highest BCUT2D eigenvalue weighted by Crippen LogP contribution is 2.33. The van der Waals surface area contributed by atoms with Crippen LogP contribution in [0.25, 0.3) is 0 Å². The Kier molecular flexibility index (Phi) is 6.65. The van der Waals surface area contributed by atoms with Crippen LogP contribution in [0.4, 0.5) is 0 Å². The summed E-state index contributed by atoms with van der Waals surface area (Å²) in [7, 11) is 0. The molecule has 1 amide bonds. The fourth-order valence-electron chi connectivity index (χ4n) is 4.20. The van der Waals surface area contributed by atoms with Gasteiger partial charge in [0, 0.05) is 24.7 Å². The predicted octanol–water partition coefficient (Wildman–Crippen LogP) is 3.84. The number of unbranched alkanes of at least 4 members (excludes halogenated alkanes) is 1. The lowest BCUT2D eigenvalue weighted by molar-refractivity contribution is -0.139. The molecule has 0 N–H and O–H groups in total. The third-order valence-electron chi connectivity index (χ3n) is 5.69. The molecular weight excluding hydrogens is 314 g/mol. The average molecular weight is 345 g/mol. The summed E-state index contributed by atoms with van der Waals surface area (Å²) in [6.45, 7) is 3.81. The molecule has 1 saturated heterocycles. The van der Waals surface area contributed by atoms with Gasteiger partial charge in [0.05, 0.1) is 6.54 Å². The van der Waals surface area contributed by atoms with Crippen molar-refractivity contribution in [1.29, 1.82) is 0 Å². The fourth-order valence-corrected chi connectivity index (χ4v) is 4.20. The zero-order chi connectivity index (χ0) is 17.5. The number of carbonyl (C=O) groups is 1. The van der Waals surface area contributed by atoms with Gasteiger partial charge < -0.3 is 9.64 Å². The summed E-state index contributed by atoms with van der Waals surface area (Å²) in [5, 5.41) is 7.84. The molecule has 1 aromatic rings. The SMILES string of the molecule is CCCCC1CCC(C(=O)N2CCCC(Oc3cccnn3)C2)CC1. The molecule has 1 aliphatic carbocycles. The van der Waals surface area contributed by atoms with Crippen molar-refractivity contribution in [3.63, 3.8) is 0 Å². The lowest BCUT2D eigenvalue weighted by atomic mass is 9.79. The molecule has 0 aromatic carbocycles. The minimum Gasteiger partial charge on any atom is -0.471 e. The number of amides is 1. The van der Waals surface area contributed by atoms with Gasteiger partial charge in [0.25, 0.3) is 0 Å². The summed E-state index contributed by atoms with van der Waals surface area (Å²) in [5.41, 5.74) is 0. The molecule has 1 aliphatic heterocycles. The highest BCUT2D eigenvalue weighted by atomic mass is 16.5. The highest BCUT2D eigenvalue weighted by Gasteiger charge is 2.32. The van der Waals surface area contributed by atoms with E-state index in [1.807, 2.05) is 17.0 Å². The van der Waals surface area contributed by atoms with E-state index in [4.69, 9.17) is 4.74 Å². The van der Waals surface area contributed by atoms with E-state index in [-0.39, 0.29) is 12.0 Å². The largest absolute Gasteiger partial charge is 0.471 e. The highest BCUT2D eigenvalue weighted by molar-refractivity contribution is 5.79. The summed E-state index contributed by atoms with van der Waals surface area (Å²) in [6.07, 6.45) is 12.2. The van der Waals surface area contributed by atoms with E-state index in [0.717, 1.165) is 38.1 Å². The van der Waals surface area contributed by atoms with Crippen LogP contribution >= 0.6 is 0 Å². The smallest absolute Gasteiger partial charge is 0.233 e. The minimum atomic E-state index is 0.0373. The Morgan fingerprint density at radius 2 is 2.12 bits per heavy atom. The van der Waals surface area contributed by atoms with E-state index in [1.54, 1.807) is 6.20 Å². The molecule has 2 aliphatic rings. The molecule has 138 valence electrons. The monoisotopic (exact) mass is 345 g/mol. The van der Waals surface area contributed by atoms with Gasteiger partial charge >= 0.3 is 0 Å². The lowest BCUT2D eigenvalue weighted by Gasteiger charge is -2.36. The second kappa shape index (κ2) is 9.16. The molecule has 1 atom stereocenters. The van der Waals surface area contributed by atoms with Gasteiger partial charge in [-0.2, -0.15) is 5.10 Å². The maximum Gasteiger partial charge on any atom is 0.233 e. The Hall–Kier alpha value is -1.65. The molecule has 1 aromatic heterocycles. The van der Waals surface area contributed by atoms with Crippen LogP contribution in [-0.2, 0) is 4.79 Å². The van der Waals surface area contributed by atoms with Gasteiger partial charge in [0.1, 0.15) is 6.10 Å². The van der Waals surface area contributed by atoms with E-state index in [1.165, 1.54) is 32.1 Å². The number of piperidine rings is 1. The maximum atomic E-state index is 12.9. The number of hydrogen-bond donors (Lipinski definition) is 0. The van der Waals surface area contributed by atoms with E-state index >= 15 is 0 Å². The Bertz CT molecular complexity index is 529. The van der Waals surface area contributed by atoms with Crippen LogP contribution < -0.4 is 4.74 Å². The molecule has 2 fully saturated rings. The van der Waals surface area contributed by atoms with Gasteiger partial charge in [-0.3, -0.25) is 4.79 Å². The first-order valence-corrected chi connectivity index (χ1v) is 9.99. The standard InChI is InChI=1S/C20H31N3O2/c1-2-3-6-16-9-11-17(12-10-16)20(24)23-14-5-7-18(15-23)25-19-8-4-13-21-22-19/h4,8,13,16-18H,2-3,5-7,9-12,14-15H2,1H3. The molecule has 25 heavy (non-hydrogen) atoms. The van der Waals surface area contributed by atoms with Crippen molar-refractivity contribution in [3.05, 3.63) is 18.3 Å².